The highest BCUT2D eigenvalue weighted by atomic mass is 16.7. The molecule has 5 aliphatic rings. The number of Topliss-reactive ketones (excluding diaryl/α,β-unsaturated/α-hetero) is 1. The summed E-state index contributed by atoms with van der Waals surface area (Å²) in [5, 5.41) is 35.2. The maximum absolute atomic E-state index is 16.1. The largest absolute Gasteiger partial charge is 0.508 e. The van der Waals surface area contributed by atoms with Gasteiger partial charge in [0.15, 0.2) is 12.4 Å². The third kappa shape index (κ3) is 29.0. The molecule has 734 valence electrons. The number of amides is 11. The summed E-state index contributed by atoms with van der Waals surface area (Å²) < 4.78 is 23.4. The second-order valence-electron chi connectivity index (χ2n) is 40.1. The number of rotatable bonds is 34. The molecule has 6 N–H and O–H groups in total. The second kappa shape index (κ2) is 50.8. The molecule has 4 aliphatic carbocycles. The van der Waals surface area contributed by atoms with E-state index in [0.29, 0.717) is 70.6 Å². The first-order chi connectivity index (χ1) is 60.8. The van der Waals surface area contributed by atoms with Crippen LogP contribution in [0.15, 0.2) is 36.0 Å². The van der Waals surface area contributed by atoms with Gasteiger partial charge in [-0.1, -0.05) is 154 Å². The van der Waals surface area contributed by atoms with E-state index in [1.165, 1.54) is 87.7 Å². The molecule has 5 rings (SSSR count). The molecule has 0 aromatic carbocycles. The molecule has 1 aliphatic heterocycles. The number of fused-ring (bicyclic) bond motifs is 5. The van der Waals surface area contributed by atoms with Crippen LogP contribution >= 0.6 is 0 Å². The minimum atomic E-state index is -1.85. The molecular weight excluding hydrogens is 1670 g/mol. The first-order valence-electron chi connectivity index (χ1n) is 47.4. The van der Waals surface area contributed by atoms with Crippen molar-refractivity contribution in [1.29, 1.82) is 0 Å². The van der Waals surface area contributed by atoms with E-state index >= 15 is 24.0 Å². The Hall–Kier alpha value is -8.98. The van der Waals surface area contributed by atoms with E-state index in [1.807, 2.05) is 68.4 Å². The minimum Gasteiger partial charge on any atom is -0.458 e. The van der Waals surface area contributed by atoms with Gasteiger partial charge in [0.2, 0.25) is 70.8 Å². The molecule has 3 saturated carbocycles. The molecule has 130 heavy (non-hydrogen) atoms. The molecule has 11 amide bonds. The topological polar surface area (TPSA) is 421 Å². The average Bonchev–Trinajstić information content (AvgIpc) is 1.44. The molecule has 1 heterocycles. The van der Waals surface area contributed by atoms with E-state index in [1.54, 1.807) is 65.8 Å². The Morgan fingerprint density at radius 3 is 1.69 bits per heavy atom. The molecule has 33 heteroatoms. The van der Waals surface area contributed by atoms with Crippen LogP contribution in [0.4, 0.5) is 4.79 Å². The van der Waals surface area contributed by atoms with Gasteiger partial charge in [-0.3, -0.25) is 67.1 Å². The summed E-state index contributed by atoms with van der Waals surface area (Å²) in [6.07, 6.45) is 12.4. The van der Waals surface area contributed by atoms with Crippen molar-refractivity contribution < 1.29 is 106 Å². The summed E-state index contributed by atoms with van der Waals surface area (Å²) in [5.74, 6) is -12.9. The number of aliphatic hydroxyl groups is 2. The van der Waals surface area contributed by atoms with Crippen LogP contribution in [0.2, 0.25) is 0 Å². The van der Waals surface area contributed by atoms with Crippen molar-refractivity contribution in [3.8, 4) is 0 Å². The number of ketones is 2. The number of unbranched alkanes of at least 4 members (excludes halogenated alkanes) is 6. The second-order valence-corrected chi connectivity index (χ2v) is 40.1. The van der Waals surface area contributed by atoms with E-state index < -0.39 is 203 Å². The van der Waals surface area contributed by atoms with Crippen molar-refractivity contribution in [3.63, 3.8) is 0 Å². The number of carbonyl (C=O) groups excluding carboxylic acids is 16. The Bertz CT molecular complexity index is 4010. The smallest absolute Gasteiger partial charge is 0.458 e. The SMILES string of the molecule is CCC1NC(=O)C(C(OC(=O)OCCCCCCC=O)[C@H](C)C/C=C/COCCCCCC(=O)OCC(=O)[C@@]2(O)CCC3C4CCC5=CC(=O)C=C[C@]5(C)C4[C@@H](O)C[C@@]32C)N(C)C(=O)[C@@H](C(C)C)N(C)C(=O)C(CC(C)C)N(C)C(=O)C(CC(C)C)N(C)C(=O)C(C)NC(=O)C(C)NC(=O)[C@@H](CC(C)C)N(C)C(=O)C(C(C)C)NC(=O)[C@H](CC(C)C)N(C)C(=O)CN(C)C1=O. The van der Waals surface area contributed by atoms with Gasteiger partial charge in [-0.2, -0.15) is 0 Å². The highest BCUT2D eigenvalue weighted by Gasteiger charge is 2.68. The number of allylic oxidation sites excluding steroid dienone is 5. The Labute approximate surface area is 772 Å². The third-order valence-corrected chi connectivity index (χ3v) is 27.5. The van der Waals surface area contributed by atoms with E-state index in [9.17, 15) is 63.0 Å². The highest BCUT2D eigenvalue weighted by Crippen LogP contribution is 2.67. The lowest BCUT2D eigenvalue weighted by Gasteiger charge is -2.59. The molecule has 0 radical (unpaired) electrons. The number of hydrogen-bond acceptors (Lipinski definition) is 22. The molecule has 4 fully saturated rings. The summed E-state index contributed by atoms with van der Waals surface area (Å²) in [6, 6.07) is -13.5. The number of likely N-dealkylation sites (N-methyl/N-ethyl adjacent to an activating group) is 7. The Kier molecular flexibility index (Phi) is 43.5. The number of aldehydes is 1. The van der Waals surface area contributed by atoms with Crippen molar-refractivity contribution in [1.82, 2.24) is 55.6 Å². The quantitative estimate of drug-likeness (QED) is 0.0153. The third-order valence-electron chi connectivity index (χ3n) is 27.5. The maximum Gasteiger partial charge on any atom is 0.508 e. The van der Waals surface area contributed by atoms with Gasteiger partial charge in [0, 0.05) is 85.5 Å². The monoisotopic (exact) mass is 1830 g/mol. The lowest BCUT2D eigenvalue weighted by Crippen LogP contribution is -2.64. The average molecular weight is 1830 g/mol. The molecule has 1 saturated heterocycles. The molecular formula is C97H159N11O22. The van der Waals surface area contributed by atoms with Gasteiger partial charge < -0.3 is 89.5 Å². The number of esters is 1. The van der Waals surface area contributed by atoms with Crippen LogP contribution in [-0.4, -0.2) is 300 Å². The molecule has 0 aromatic rings. The van der Waals surface area contributed by atoms with Crippen LogP contribution in [0.25, 0.3) is 0 Å². The van der Waals surface area contributed by atoms with Crippen molar-refractivity contribution >= 4 is 95.0 Å². The summed E-state index contributed by atoms with van der Waals surface area (Å²) in [5.41, 5.74) is -2.30. The summed E-state index contributed by atoms with van der Waals surface area (Å²) in [7, 11) is 9.67. The van der Waals surface area contributed by atoms with Gasteiger partial charge in [-0.05, 0) is 176 Å². The lowest BCUT2D eigenvalue weighted by molar-refractivity contribution is -0.181. The van der Waals surface area contributed by atoms with Crippen LogP contribution in [0.3, 0.4) is 0 Å². The number of ether oxygens (including phenoxy) is 4. The zero-order valence-corrected chi connectivity index (χ0v) is 82.5. The number of carbonyl (C=O) groups is 16. The molecule has 33 nitrogen and oxygen atoms in total. The zero-order chi connectivity index (χ0) is 98.1. The van der Waals surface area contributed by atoms with Crippen LogP contribution in [-0.2, 0) is 90.9 Å². The Morgan fingerprint density at radius 1 is 0.569 bits per heavy atom. The fourth-order valence-corrected chi connectivity index (χ4v) is 19.8. The van der Waals surface area contributed by atoms with Gasteiger partial charge >= 0.3 is 12.1 Å². The zero-order valence-electron chi connectivity index (χ0n) is 82.5. The number of hydrogen-bond donors (Lipinski definition) is 6. The molecule has 19 atom stereocenters. The van der Waals surface area contributed by atoms with Crippen molar-refractivity contribution in [2.45, 2.75) is 331 Å². The van der Waals surface area contributed by atoms with Crippen molar-refractivity contribution in [3.05, 3.63) is 36.0 Å². The van der Waals surface area contributed by atoms with Crippen LogP contribution in [0.1, 0.15) is 253 Å². The Balaban J connectivity index is 1.50. The maximum atomic E-state index is 16.1. The summed E-state index contributed by atoms with van der Waals surface area (Å²) in [4.78, 5) is 239. The molecule has 11 unspecified atom stereocenters. The predicted molar refractivity (Wildman–Crippen MR) is 490 cm³/mol. The number of aliphatic hydroxyl groups excluding tert-OH is 1. The van der Waals surface area contributed by atoms with E-state index in [2.05, 4.69) is 28.2 Å². The highest BCUT2D eigenvalue weighted by molar-refractivity contribution is 6.02. The van der Waals surface area contributed by atoms with E-state index in [-0.39, 0.29) is 125 Å². The van der Waals surface area contributed by atoms with Crippen LogP contribution in [0.5, 0.6) is 0 Å². The number of nitrogens with zero attached hydrogens (tertiary/aromatic N) is 7. The van der Waals surface area contributed by atoms with Gasteiger partial charge in [0.1, 0.15) is 78.4 Å². The number of nitrogens with one attached hydrogen (secondary N) is 4. The lowest BCUT2D eigenvalue weighted by atomic mass is 9.46. The first-order valence-corrected chi connectivity index (χ1v) is 47.4. The van der Waals surface area contributed by atoms with Gasteiger partial charge in [0.05, 0.1) is 25.9 Å². The molecule has 0 bridgehead atoms. The van der Waals surface area contributed by atoms with Crippen LogP contribution in [0, 0.1) is 70.0 Å². The Morgan fingerprint density at radius 2 is 1.11 bits per heavy atom. The van der Waals surface area contributed by atoms with Crippen molar-refractivity contribution in [2.75, 3.05) is 82.3 Å². The standard InChI is InChI=1S/C97H159N11O22/c1-26-70-89(120)102(19)55-77(113)103(20)71(49-57(2)3)86(117)101-80(61(10)11)92(123)104(21)72(50-58(4)5)85(116)98-64(15)84(115)99-65(16)88(119)105(22)73(51-59(6)7)90(121)106(23)74(52-60(8)9)91(122)107(24)81(62(12)13)93(124)108(25)82(87(118)100-70)83(130-94(125)128-48-35-29-27-28-33-45-109)63(14)37-32-36-47-127-46-34-30-31-38-78(114)129-56-76(112)97(126)44-42-69-68-40-39-66-53-67(110)41-43-95(66,17)79(68)75(111)54-96(69,97)18/h32,36,41,43,45,53,57-65,68-75,79-83,111,126H,26-31,33-35,37-40,42,44,46-52,54-56H2,1-25H3,(H,98,116)(H,99,115)(H,100,118)(H,101,117)/b36-32+/t63-,64?,65?,68?,69?,70?,71+,72-,73?,74?,75+,79?,80?,81-,82?,83?,95+,96+,97+/m1/s1. The summed E-state index contributed by atoms with van der Waals surface area (Å²) >= 11 is 0. The van der Waals surface area contributed by atoms with E-state index in [4.69, 9.17) is 18.9 Å². The molecule has 0 aromatic heterocycles. The van der Waals surface area contributed by atoms with Gasteiger partial charge in [-0.25, -0.2) is 4.79 Å². The van der Waals surface area contributed by atoms with Crippen LogP contribution < -0.4 is 21.3 Å². The predicted octanol–water partition coefficient (Wildman–Crippen LogP) is 8.26. The molecule has 0 spiro atoms. The normalized spacial score (nSPS) is 29.3. The van der Waals surface area contributed by atoms with Crippen molar-refractivity contribution in [2.24, 2.45) is 70.0 Å². The van der Waals surface area contributed by atoms with E-state index in [0.717, 1.165) is 21.7 Å². The van der Waals surface area contributed by atoms with Gasteiger partial charge in [0.25, 0.3) is 0 Å². The van der Waals surface area contributed by atoms with Gasteiger partial charge in [-0.15, -0.1) is 0 Å². The first kappa shape index (κ1) is 112. The fraction of sp³-hybridized carbons (Fsp3) is 0.773. The summed E-state index contributed by atoms with van der Waals surface area (Å²) in [6.45, 7) is 30.5. The minimum absolute atomic E-state index is 0.000774. The fourth-order valence-electron chi connectivity index (χ4n) is 19.8.